The van der Waals surface area contributed by atoms with Crippen molar-refractivity contribution in [2.45, 2.75) is 20.8 Å². The molecule has 58 valence electrons. The number of aliphatic hydroxyl groups is 1. The molecule has 1 nitrogen and oxygen atoms in total. The van der Waals surface area contributed by atoms with Crippen molar-refractivity contribution in [3.05, 3.63) is 23.8 Å². The molecule has 0 radical (unpaired) electrons. The third-order valence-electron chi connectivity index (χ3n) is 1.13. The first-order valence-electron chi connectivity index (χ1n) is 3.61. The van der Waals surface area contributed by atoms with E-state index in [-0.39, 0.29) is 6.61 Å². The zero-order valence-corrected chi connectivity index (χ0v) is 6.96. The topological polar surface area (TPSA) is 20.2 Å². The summed E-state index contributed by atoms with van der Waals surface area (Å²) in [6.07, 6.45) is 6.01. The summed E-state index contributed by atoms with van der Waals surface area (Å²) in [5.41, 5.74) is 0.997. The Morgan fingerprint density at radius 2 is 2.10 bits per heavy atom. The summed E-state index contributed by atoms with van der Waals surface area (Å²) in [5, 5.41) is 8.60. The van der Waals surface area contributed by atoms with E-state index in [1.165, 1.54) is 0 Å². The Kier molecular flexibility index (Phi) is 4.95. The minimum atomic E-state index is 0.155. The zero-order valence-electron chi connectivity index (χ0n) is 6.96. The number of aliphatic hydroxyl groups excluding tert-OH is 1. The van der Waals surface area contributed by atoms with Gasteiger partial charge in [0.05, 0.1) is 6.61 Å². The lowest BCUT2D eigenvalue weighted by atomic mass is 10.2. The molecule has 0 aromatic rings. The van der Waals surface area contributed by atoms with Gasteiger partial charge in [0.15, 0.2) is 0 Å². The SMILES string of the molecule is CC(=CC=CC(C)C)CO. The van der Waals surface area contributed by atoms with E-state index in [1.54, 1.807) is 0 Å². The second-order valence-corrected chi connectivity index (χ2v) is 2.80. The number of rotatable bonds is 3. The van der Waals surface area contributed by atoms with Crippen LogP contribution in [0.2, 0.25) is 0 Å². The Hall–Kier alpha value is -0.560. The van der Waals surface area contributed by atoms with E-state index in [0.717, 1.165) is 5.57 Å². The Balaban J connectivity index is 3.70. The van der Waals surface area contributed by atoms with Gasteiger partial charge in [-0.25, -0.2) is 0 Å². The third kappa shape index (κ3) is 5.57. The Bertz CT molecular complexity index is 132. The molecule has 1 heteroatoms. The monoisotopic (exact) mass is 140 g/mol. The summed E-state index contributed by atoms with van der Waals surface area (Å²) in [6.45, 7) is 6.31. The van der Waals surface area contributed by atoms with Crippen molar-refractivity contribution >= 4 is 0 Å². The van der Waals surface area contributed by atoms with Crippen LogP contribution < -0.4 is 0 Å². The first kappa shape index (κ1) is 9.44. The summed E-state index contributed by atoms with van der Waals surface area (Å²) >= 11 is 0. The molecule has 0 amide bonds. The fraction of sp³-hybridized carbons (Fsp3) is 0.556. The highest BCUT2D eigenvalue weighted by Crippen LogP contribution is 1.96. The van der Waals surface area contributed by atoms with Crippen molar-refractivity contribution in [3.63, 3.8) is 0 Å². The molecule has 0 rings (SSSR count). The first-order chi connectivity index (χ1) is 4.66. The molecule has 0 fully saturated rings. The van der Waals surface area contributed by atoms with Gasteiger partial charge in [-0.2, -0.15) is 0 Å². The minimum absolute atomic E-state index is 0.155. The van der Waals surface area contributed by atoms with Crippen LogP contribution in [0.1, 0.15) is 20.8 Å². The Labute approximate surface area is 63.1 Å². The van der Waals surface area contributed by atoms with Crippen molar-refractivity contribution in [2.24, 2.45) is 5.92 Å². The normalized spacial score (nSPS) is 13.5. The Morgan fingerprint density at radius 1 is 1.50 bits per heavy atom. The quantitative estimate of drug-likeness (QED) is 0.595. The van der Waals surface area contributed by atoms with Crippen molar-refractivity contribution in [3.8, 4) is 0 Å². The van der Waals surface area contributed by atoms with E-state index >= 15 is 0 Å². The van der Waals surface area contributed by atoms with Crippen molar-refractivity contribution < 1.29 is 5.11 Å². The maximum absolute atomic E-state index is 8.60. The molecule has 10 heavy (non-hydrogen) atoms. The predicted molar refractivity (Wildman–Crippen MR) is 44.8 cm³/mol. The smallest absolute Gasteiger partial charge is 0.0642 e. The molecule has 0 aliphatic rings. The van der Waals surface area contributed by atoms with E-state index in [1.807, 2.05) is 19.1 Å². The van der Waals surface area contributed by atoms with Crippen LogP contribution >= 0.6 is 0 Å². The van der Waals surface area contributed by atoms with E-state index in [9.17, 15) is 0 Å². The van der Waals surface area contributed by atoms with Gasteiger partial charge < -0.3 is 5.11 Å². The lowest BCUT2D eigenvalue weighted by Crippen LogP contribution is -1.82. The lowest BCUT2D eigenvalue weighted by Gasteiger charge is -1.91. The summed E-state index contributed by atoms with van der Waals surface area (Å²) in [6, 6.07) is 0. The zero-order chi connectivity index (χ0) is 7.98. The minimum Gasteiger partial charge on any atom is -0.392 e. The molecular formula is C9H16O. The highest BCUT2D eigenvalue weighted by Gasteiger charge is 1.82. The average Bonchev–Trinajstić information content (AvgIpc) is 1.87. The largest absolute Gasteiger partial charge is 0.392 e. The van der Waals surface area contributed by atoms with Crippen LogP contribution in [0, 0.1) is 5.92 Å². The number of allylic oxidation sites excluding steroid dienone is 3. The van der Waals surface area contributed by atoms with Gasteiger partial charge in [-0.1, -0.05) is 32.1 Å². The van der Waals surface area contributed by atoms with Gasteiger partial charge in [-0.05, 0) is 18.4 Å². The molecule has 0 saturated carbocycles. The molecule has 0 saturated heterocycles. The maximum atomic E-state index is 8.60. The standard InChI is InChI=1S/C9H16O/c1-8(2)5-4-6-9(3)7-10/h4-6,8,10H,7H2,1-3H3. The van der Waals surface area contributed by atoms with Gasteiger partial charge in [-0.15, -0.1) is 0 Å². The molecular weight excluding hydrogens is 124 g/mol. The molecule has 0 atom stereocenters. The van der Waals surface area contributed by atoms with Gasteiger partial charge in [-0.3, -0.25) is 0 Å². The molecule has 0 bridgehead atoms. The van der Waals surface area contributed by atoms with Crippen molar-refractivity contribution in [1.82, 2.24) is 0 Å². The van der Waals surface area contributed by atoms with Gasteiger partial charge >= 0.3 is 0 Å². The van der Waals surface area contributed by atoms with Crippen LogP contribution in [0.3, 0.4) is 0 Å². The molecule has 0 heterocycles. The van der Waals surface area contributed by atoms with Gasteiger partial charge in [0, 0.05) is 0 Å². The first-order valence-corrected chi connectivity index (χ1v) is 3.61. The van der Waals surface area contributed by atoms with Crippen LogP contribution in [0.25, 0.3) is 0 Å². The molecule has 0 aromatic carbocycles. The molecule has 0 aliphatic heterocycles. The average molecular weight is 140 g/mol. The van der Waals surface area contributed by atoms with Gasteiger partial charge in [0.2, 0.25) is 0 Å². The van der Waals surface area contributed by atoms with Crippen molar-refractivity contribution in [1.29, 1.82) is 0 Å². The van der Waals surface area contributed by atoms with Crippen LogP contribution in [0.15, 0.2) is 23.8 Å². The molecule has 0 spiro atoms. The highest BCUT2D eigenvalue weighted by atomic mass is 16.3. The van der Waals surface area contributed by atoms with Gasteiger partial charge in [0.1, 0.15) is 0 Å². The van der Waals surface area contributed by atoms with Crippen LogP contribution in [0.5, 0.6) is 0 Å². The fourth-order valence-electron chi connectivity index (χ4n) is 0.495. The van der Waals surface area contributed by atoms with Crippen LogP contribution in [0.4, 0.5) is 0 Å². The predicted octanol–water partition coefficient (Wildman–Crippen LogP) is 2.14. The number of hydrogen-bond donors (Lipinski definition) is 1. The van der Waals surface area contributed by atoms with Gasteiger partial charge in [0.25, 0.3) is 0 Å². The molecule has 1 N–H and O–H groups in total. The molecule has 0 aliphatic carbocycles. The second kappa shape index (κ2) is 5.24. The summed E-state index contributed by atoms with van der Waals surface area (Å²) < 4.78 is 0. The summed E-state index contributed by atoms with van der Waals surface area (Å²) in [4.78, 5) is 0. The fourth-order valence-corrected chi connectivity index (χ4v) is 0.495. The third-order valence-corrected chi connectivity index (χ3v) is 1.13. The summed E-state index contributed by atoms with van der Waals surface area (Å²) in [7, 11) is 0. The van der Waals surface area contributed by atoms with Crippen molar-refractivity contribution in [2.75, 3.05) is 6.61 Å². The van der Waals surface area contributed by atoms with Crippen LogP contribution in [-0.4, -0.2) is 11.7 Å². The van der Waals surface area contributed by atoms with E-state index in [4.69, 9.17) is 5.11 Å². The number of hydrogen-bond acceptors (Lipinski definition) is 1. The summed E-state index contributed by atoms with van der Waals surface area (Å²) in [5.74, 6) is 0.586. The molecule has 0 unspecified atom stereocenters. The lowest BCUT2D eigenvalue weighted by molar-refractivity contribution is 0.331. The second-order valence-electron chi connectivity index (χ2n) is 2.80. The highest BCUT2D eigenvalue weighted by molar-refractivity contribution is 5.10. The maximum Gasteiger partial charge on any atom is 0.0642 e. The Morgan fingerprint density at radius 3 is 2.50 bits per heavy atom. The van der Waals surface area contributed by atoms with E-state index < -0.39 is 0 Å². The van der Waals surface area contributed by atoms with E-state index in [0.29, 0.717) is 5.92 Å². The van der Waals surface area contributed by atoms with E-state index in [2.05, 4.69) is 19.9 Å². The molecule has 0 aromatic heterocycles. The van der Waals surface area contributed by atoms with Crippen LogP contribution in [-0.2, 0) is 0 Å².